The molecule has 1 N–H and O–H groups in total. The van der Waals surface area contributed by atoms with Gasteiger partial charge in [-0.1, -0.05) is 195 Å². The number of pyridine rings is 1. The van der Waals surface area contributed by atoms with Crippen molar-refractivity contribution in [2.24, 2.45) is 0 Å². The Hall–Kier alpha value is -6.19. The molecule has 2 aromatic heterocycles. The van der Waals surface area contributed by atoms with Gasteiger partial charge in [-0.05, 0) is 42.6 Å². The summed E-state index contributed by atoms with van der Waals surface area (Å²) in [6.45, 7) is 5.75. The zero-order chi connectivity index (χ0) is 48.1. The van der Waals surface area contributed by atoms with Gasteiger partial charge < -0.3 is 18.7 Å². The fourth-order valence-corrected chi connectivity index (χ4v) is 13.1. The number of carbonyl (C=O) groups excluding carboxylic acids is 1. The third-order valence-electron chi connectivity index (χ3n) is 11.3. The van der Waals surface area contributed by atoms with E-state index in [1.807, 2.05) is 159 Å². The minimum Gasteiger partial charge on any atom is -0.506 e. The fraction of sp³-hybridized carbons (Fsp3) is 0.0357. The van der Waals surface area contributed by atoms with Crippen molar-refractivity contribution in [1.82, 2.24) is 4.57 Å². The molecule has 0 amide bonds. The Morgan fingerprint density at radius 2 is 0.942 bits per heavy atom. The number of allylic oxidation sites excluding steroid dienone is 1. The number of rotatable bonds is 8. The number of furan rings is 1. The van der Waals surface area contributed by atoms with Crippen LogP contribution in [-0.2, 0) is 9.13 Å². The second-order valence-corrected chi connectivity index (χ2v) is 21.4. The maximum Gasteiger partial charge on any atom is 0.455 e. The topological polar surface area (TPSA) is 107 Å². The SMILES string of the molecule is C=C(C)P(=O)(c1ccccc1)c1ccccc1.O=C(c1c(O)c2c3c(ccc2n(-c2ccccc2)c1=O)oc1ccccc13)C(F)(F)F.O=P(c1ccccc1)(c1ccccc1)c1ccccc1.[Eu]. The predicted octanol–water partition coefficient (Wildman–Crippen LogP) is 12.2. The molecule has 0 aliphatic heterocycles. The van der Waals surface area contributed by atoms with E-state index in [0.29, 0.717) is 21.9 Å². The summed E-state index contributed by atoms with van der Waals surface area (Å²) in [6.07, 6.45) is -5.34. The van der Waals surface area contributed by atoms with Gasteiger partial charge in [-0.3, -0.25) is 14.2 Å². The molecule has 10 aromatic rings. The van der Waals surface area contributed by atoms with E-state index in [4.69, 9.17) is 4.42 Å². The number of alkyl halides is 3. The van der Waals surface area contributed by atoms with Crippen LogP contribution in [0.25, 0.3) is 38.5 Å². The molecule has 8 aromatic carbocycles. The Morgan fingerprint density at radius 3 is 1.36 bits per heavy atom. The molecule has 0 unspecified atom stereocenters. The van der Waals surface area contributed by atoms with Crippen LogP contribution >= 0.6 is 14.3 Å². The molecule has 69 heavy (non-hydrogen) atoms. The van der Waals surface area contributed by atoms with Crippen LogP contribution in [0.1, 0.15) is 17.3 Å². The molecule has 0 bridgehead atoms. The Balaban J connectivity index is 0.000000161. The summed E-state index contributed by atoms with van der Waals surface area (Å²) in [7, 11) is -5.47. The molecule has 0 aliphatic rings. The molecular weight excluding hydrogens is 1050 g/mol. The molecule has 345 valence electrons. The average Bonchev–Trinajstić information content (AvgIpc) is 3.76. The van der Waals surface area contributed by atoms with E-state index in [0.717, 1.165) is 36.4 Å². The summed E-state index contributed by atoms with van der Waals surface area (Å²) in [5.41, 5.74) is -1.45. The first-order valence-corrected chi connectivity index (χ1v) is 24.7. The molecule has 1 radical (unpaired) electrons. The van der Waals surface area contributed by atoms with Crippen LogP contribution in [0.5, 0.6) is 5.75 Å². The summed E-state index contributed by atoms with van der Waals surface area (Å²) in [5.74, 6) is -3.43. The molecule has 0 spiro atoms. The van der Waals surface area contributed by atoms with Gasteiger partial charge in [0.05, 0.1) is 10.9 Å². The summed E-state index contributed by atoms with van der Waals surface area (Å²) in [4.78, 5) is 25.2. The number of benzene rings is 8. The van der Waals surface area contributed by atoms with Crippen molar-refractivity contribution in [2.45, 2.75) is 13.1 Å². The number of halogens is 3. The van der Waals surface area contributed by atoms with Gasteiger partial charge in [-0.2, -0.15) is 13.2 Å². The van der Waals surface area contributed by atoms with E-state index >= 15 is 0 Å². The van der Waals surface area contributed by atoms with Crippen LogP contribution in [0.4, 0.5) is 13.2 Å². The number of Topliss-reactive ketones (excluding diaryl/α,β-unsaturated/α-hetero) is 1. The van der Waals surface area contributed by atoms with Crippen molar-refractivity contribution in [3.05, 3.63) is 246 Å². The maximum atomic E-state index is 13.8. The van der Waals surface area contributed by atoms with E-state index in [1.54, 1.807) is 48.5 Å². The number of nitrogens with zero attached hydrogens (tertiary/aromatic N) is 1. The first kappa shape index (κ1) is 50.7. The van der Waals surface area contributed by atoms with Gasteiger partial charge in [0.25, 0.3) is 11.3 Å². The standard InChI is InChI=1S/C23H12F3NO4.C18H15OP.C15H15OP.Eu/c24-23(25,26)21(29)19-20(28)18-14(27(22(19)30)12-6-2-1-3-7-12)10-11-16-17(18)13-8-4-5-9-15(13)31-16;19-20(16-10-4-1-5-11-16,17-12-6-2-7-13-17)18-14-8-3-9-15-18;1-13(2)17(16,14-9-5-3-6-10-14)15-11-7-4-8-12-15;/h1-11,28H;1-15H;3-12H,1H2,2H3;. The first-order chi connectivity index (χ1) is 32.8. The van der Waals surface area contributed by atoms with E-state index < -0.39 is 43.1 Å². The minimum absolute atomic E-state index is 0. The second kappa shape index (κ2) is 21.6. The third-order valence-corrected chi connectivity index (χ3v) is 17.5. The van der Waals surface area contributed by atoms with Crippen molar-refractivity contribution in [2.75, 3.05) is 0 Å². The summed E-state index contributed by atoms with van der Waals surface area (Å²) in [5, 5.41) is 16.6. The van der Waals surface area contributed by atoms with Gasteiger partial charge in [0.15, 0.2) is 14.3 Å². The number of ketones is 1. The zero-order valence-corrected chi connectivity index (χ0v) is 41.0. The number of fused-ring (bicyclic) bond motifs is 5. The van der Waals surface area contributed by atoms with Crippen LogP contribution in [0.15, 0.2) is 239 Å². The summed E-state index contributed by atoms with van der Waals surface area (Å²) >= 11 is 0. The molecule has 0 aliphatic carbocycles. The average molecular weight is 1100 g/mol. The molecule has 7 nitrogen and oxygen atoms in total. The minimum atomic E-state index is -5.34. The predicted molar refractivity (Wildman–Crippen MR) is 269 cm³/mol. The van der Waals surface area contributed by atoms with Gasteiger partial charge in [0.2, 0.25) is 0 Å². The third kappa shape index (κ3) is 10.1. The Labute approximate surface area is 436 Å². The van der Waals surface area contributed by atoms with Crippen LogP contribution in [0, 0.1) is 49.4 Å². The van der Waals surface area contributed by atoms with Crippen molar-refractivity contribution in [1.29, 1.82) is 0 Å². The van der Waals surface area contributed by atoms with Crippen LogP contribution in [-0.4, -0.2) is 21.6 Å². The molecule has 0 saturated heterocycles. The van der Waals surface area contributed by atoms with E-state index in [2.05, 4.69) is 6.58 Å². The second-order valence-electron chi connectivity index (χ2n) is 15.6. The molecule has 0 saturated carbocycles. The Morgan fingerprint density at radius 1 is 0.551 bits per heavy atom. The van der Waals surface area contributed by atoms with Gasteiger partial charge in [0, 0.05) is 92.4 Å². The Kier molecular flexibility index (Phi) is 15.9. The number of aromatic hydroxyl groups is 1. The van der Waals surface area contributed by atoms with Gasteiger partial charge in [-0.15, -0.1) is 0 Å². The zero-order valence-electron chi connectivity index (χ0n) is 36.8. The quantitative estimate of drug-likeness (QED) is 0.120. The van der Waals surface area contributed by atoms with Crippen molar-refractivity contribution in [3.63, 3.8) is 0 Å². The van der Waals surface area contributed by atoms with Crippen LogP contribution < -0.4 is 32.1 Å². The molecule has 10 rings (SSSR count). The summed E-state index contributed by atoms with van der Waals surface area (Å²) in [6, 6.07) is 66.0. The van der Waals surface area contributed by atoms with E-state index in [9.17, 15) is 37.0 Å². The number of hydrogen-bond acceptors (Lipinski definition) is 6. The fourth-order valence-electron chi connectivity index (χ4n) is 8.09. The number of aromatic nitrogens is 1. The molecular formula is C56H42EuF3NO6P2. The smallest absolute Gasteiger partial charge is 0.455 e. The number of para-hydroxylation sites is 2. The molecule has 0 atom stereocenters. The molecule has 0 fully saturated rings. The molecule has 2 heterocycles. The van der Waals surface area contributed by atoms with E-state index in [1.165, 1.54) is 18.2 Å². The van der Waals surface area contributed by atoms with Gasteiger partial charge in [-0.25, -0.2) is 0 Å². The van der Waals surface area contributed by atoms with Crippen molar-refractivity contribution < 1.29 is 86.0 Å². The van der Waals surface area contributed by atoms with E-state index in [-0.39, 0.29) is 66.0 Å². The van der Waals surface area contributed by atoms with Crippen LogP contribution in [0.2, 0.25) is 0 Å². The number of hydrogen-bond donors (Lipinski definition) is 1. The normalized spacial score (nSPS) is 11.4. The first-order valence-electron chi connectivity index (χ1n) is 21.3. The largest absolute Gasteiger partial charge is 0.506 e. The Bertz CT molecular complexity index is 3430. The van der Waals surface area contributed by atoms with Gasteiger partial charge >= 0.3 is 6.18 Å². The van der Waals surface area contributed by atoms with Crippen molar-refractivity contribution in [3.8, 4) is 11.4 Å². The summed E-state index contributed by atoms with van der Waals surface area (Å²) < 4.78 is 73.7. The monoisotopic (exact) mass is 1100 g/mol. The van der Waals surface area contributed by atoms with Crippen molar-refractivity contribution >= 4 is 79.4 Å². The number of carbonyl (C=O) groups is 1. The molecule has 13 heteroatoms. The van der Waals surface area contributed by atoms with Gasteiger partial charge in [0.1, 0.15) is 22.5 Å². The van der Waals surface area contributed by atoms with Crippen LogP contribution in [0.3, 0.4) is 0 Å². The maximum absolute atomic E-state index is 13.8.